The van der Waals surface area contributed by atoms with Gasteiger partial charge in [0.15, 0.2) is 0 Å². The first-order chi connectivity index (χ1) is 6.06. The lowest BCUT2D eigenvalue weighted by Crippen LogP contribution is -2.00. The van der Waals surface area contributed by atoms with E-state index in [2.05, 4.69) is 15.9 Å². The van der Waals surface area contributed by atoms with Crippen LogP contribution < -0.4 is 0 Å². The maximum Gasteiger partial charge on any atom is 0.133 e. The molecule has 1 aromatic carbocycles. The number of aliphatic hydroxyl groups excluding tert-OH is 1. The van der Waals surface area contributed by atoms with Crippen LogP contribution in [0, 0.1) is 5.82 Å². The van der Waals surface area contributed by atoms with E-state index in [9.17, 15) is 9.50 Å². The van der Waals surface area contributed by atoms with E-state index >= 15 is 0 Å². The van der Waals surface area contributed by atoms with Crippen LogP contribution in [0.4, 0.5) is 4.39 Å². The van der Waals surface area contributed by atoms with Gasteiger partial charge >= 0.3 is 0 Å². The Kier molecular flexibility index (Phi) is 3.27. The molecule has 0 aromatic heterocycles. The zero-order valence-electron chi connectivity index (χ0n) is 7.09. The summed E-state index contributed by atoms with van der Waals surface area (Å²) >= 11 is 3.02. The molecule has 72 valence electrons. The molecule has 13 heavy (non-hydrogen) atoms. The third kappa shape index (κ3) is 2.19. The lowest BCUT2D eigenvalue weighted by molar-refractivity contribution is 0.270. The van der Waals surface area contributed by atoms with E-state index in [0.29, 0.717) is 10.0 Å². The number of phenols is 1. The lowest BCUT2D eigenvalue weighted by Gasteiger charge is -2.11. The zero-order valence-corrected chi connectivity index (χ0v) is 8.68. The summed E-state index contributed by atoms with van der Waals surface area (Å²) < 4.78 is 13.2. The molecular weight excluding hydrogens is 239 g/mol. The summed E-state index contributed by atoms with van der Waals surface area (Å²) in [5.74, 6) is -0.713. The molecule has 0 saturated carbocycles. The van der Waals surface area contributed by atoms with Gasteiger partial charge in [-0.15, -0.1) is 0 Å². The molecule has 0 heterocycles. The van der Waals surface area contributed by atoms with E-state index in [1.807, 2.05) is 0 Å². The molecule has 0 aliphatic carbocycles. The maximum atomic E-state index is 12.9. The first-order valence-corrected chi connectivity index (χ1v) is 4.64. The van der Waals surface area contributed by atoms with Crippen LogP contribution in [0.5, 0.6) is 5.75 Å². The number of phenolic OH excluding ortho intramolecular Hbond substituents is 1. The van der Waals surface area contributed by atoms with Crippen molar-refractivity contribution < 1.29 is 14.6 Å². The van der Waals surface area contributed by atoms with Crippen LogP contribution in [-0.4, -0.2) is 16.8 Å². The van der Waals surface area contributed by atoms with Gasteiger partial charge in [0.2, 0.25) is 0 Å². The second-order valence-corrected chi connectivity index (χ2v) is 3.76. The molecule has 1 atom stereocenters. The first kappa shape index (κ1) is 10.5. The Morgan fingerprint density at radius 1 is 1.54 bits per heavy atom. The average molecular weight is 249 g/mol. The molecule has 0 bridgehead atoms. The van der Waals surface area contributed by atoms with Crippen molar-refractivity contribution in [1.82, 2.24) is 0 Å². The third-order valence-corrected chi connectivity index (χ3v) is 2.47. The average Bonchev–Trinajstić information content (AvgIpc) is 2.10. The topological polar surface area (TPSA) is 40.5 Å². The highest BCUT2D eigenvalue weighted by atomic mass is 79.9. The van der Waals surface area contributed by atoms with Crippen LogP contribution in [0.3, 0.4) is 0 Å². The summed E-state index contributed by atoms with van der Waals surface area (Å²) in [4.78, 5) is 0. The van der Waals surface area contributed by atoms with E-state index in [1.165, 1.54) is 12.1 Å². The zero-order chi connectivity index (χ0) is 10.0. The van der Waals surface area contributed by atoms with Gasteiger partial charge in [0.05, 0.1) is 4.47 Å². The van der Waals surface area contributed by atoms with Gasteiger partial charge in [-0.3, -0.25) is 0 Å². The van der Waals surface area contributed by atoms with E-state index in [1.54, 1.807) is 6.92 Å². The van der Waals surface area contributed by atoms with Crippen molar-refractivity contribution in [2.24, 2.45) is 0 Å². The van der Waals surface area contributed by atoms with Crippen LogP contribution in [0.25, 0.3) is 0 Å². The summed E-state index contributed by atoms with van der Waals surface area (Å²) in [5, 5.41) is 18.3. The Bertz CT molecular complexity index is 315. The minimum absolute atomic E-state index is 0.0112. The Balaban J connectivity index is 3.20. The van der Waals surface area contributed by atoms with E-state index in [-0.39, 0.29) is 18.3 Å². The fraction of sp³-hybridized carbons (Fsp3) is 0.333. The SMILES string of the molecule is CC(CO)c1cc(F)cc(Br)c1O. The number of halogens is 2. The van der Waals surface area contributed by atoms with Crippen LogP contribution in [-0.2, 0) is 0 Å². The van der Waals surface area contributed by atoms with Crippen molar-refractivity contribution in [2.75, 3.05) is 6.61 Å². The molecule has 0 aliphatic rings. The van der Waals surface area contributed by atoms with Gasteiger partial charge in [0, 0.05) is 18.1 Å². The Morgan fingerprint density at radius 3 is 2.69 bits per heavy atom. The Hall–Kier alpha value is -0.610. The molecule has 4 heteroatoms. The van der Waals surface area contributed by atoms with Gasteiger partial charge in [-0.05, 0) is 28.1 Å². The highest BCUT2D eigenvalue weighted by Crippen LogP contribution is 2.33. The lowest BCUT2D eigenvalue weighted by atomic mass is 10.0. The van der Waals surface area contributed by atoms with E-state index < -0.39 is 5.82 Å². The predicted molar refractivity (Wildman–Crippen MR) is 51.3 cm³/mol. The van der Waals surface area contributed by atoms with Crippen molar-refractivity contribution in [3.05, 3.63) is 28.0 Å². The Labute approximate surface area is 84.1 Å². The summed E-state index contributed by atoms with van der Waals surface area (Å²) in [6, 6.07) is 2.41. The minimum Gasteiger partial charge on any atom is -0.506 e. The van der Waals surface area contributed by atoms with Crippen LogP contribution >= 0.6 is 15.9 Å². The summed E-state index contributed by atoms with van der Waals surface area (Å²) in [6.45, 7) is 1.59. The van der Waals surface area contributed by atoms with Crippen LogP contribution in [0.1, 0.15) is 18.4 Å². The third-order valence-electron chi connectivity index (χ3n) is 1.86. The molecule has 1 unspecified atom stereocenters. The first-order valence-electron chi connectivity index (χ1n) is 3.85. The smallest absolute Gasteiger partial charge is 0.133 e. The molecule has 0 fully saturated rings. The number of aromatic hydroxyl groups is 1. The number of hydrogen-bond acceptors (Lipinski definition) is 2. The van der Waals surface area contributed by atoms with Crippen molar-refractivity contribution >= 4 is 15.9 Å². The number of hydrogen-bond donors (Lipinski definition) is 2. The van der Waals surface area contributed by atoms with Crippen molar-refractivity contribution in [3.63, 3.8) is 0 Å². The van der Waals surface area contributed by atoms with Gasteiger partial charge in [0.1, 0.15) is 11.6 Å². The summed E-state index contributed by atoms with van der Waals surface area (Å²) in [7, 11) is 0. The van der Waals surface area contributed by atoms with E-state index in [0.717, 1.165) is 0 Å². The molecule has 0 spiro atoms. The quantitative estimate of drug-likeness (QED) is 0.844. The van der Waals surface area contributed by atoms with E-state index in [4.69, 9.17) is 5.11 Å². The molecule has 1 aromatic rings. The summed E-state index contributed by atoms with van der Waals surface area (Å²) in [5.41, 5.74) is 0.411. The van der Waals surface area contributed by atoms with Gasteiger partial charge in [-0.25, -0.2) is 4.39 Å². The highest BCUT2D eigenvalue weighted by Gasteiger charge is 2.13. The van der Waals surface area contributed by atoms with Gasteiger partial charge in [-0.1, -0.05) is 6.92 Å². The number of benzene rings is 1. The van der Waals surface area contributed by atoms with Crippen molar-refractivity contribution in [2.45, 2.75) is 12.8 Å². The molecule has 0 saturated heterocycles. The number of aliphatic hydroxyl groups is 1. The maximum absolute atomic E-state index is 12.9. The molecule has 1 rings (SSSR count). The molecular formula is C9H10BrFO2. The van der Waals surface area contributed by atoms with Crippen molar-refractivity contribution in [3.8, 4) is 5.75 Å². The normalized spacial score (nSPS) is 12.9. The largest absolute Gasteiger partial charge is 0.506 e. The van der Waals surface area contributed by atoms with Crippen LogP contribution in [0.15, 0.2) is 16.6 Å². The molecule has 0 aliphatic heterocycles. The molecule has 0 radical (unpaired) electrons. The van der Waals surface area contributed by atoms with Crippen molar-refractivity contribution in [1.29, 1.82) is 0 Å². The molecule has 2 N–H and O–H groups in total. The second kappa shape index (κ2) is 4.07. The van der Waals surface area contributed by atoms with Gasteiger partial charge < -0.3 is 10.2 Å². The molecule has 0 amide bonds. The fourth-order valence-electron chi connectivity index (χ4n) is 1.06. The van der Waals surface area contributed by atoms with Crippen LogP contribution in [0.2, 0.25) is 0 Å². The Morgan fingerprint density at radius 2 is 2.15 bits per heavy atom. The summed E-state index contributed by atoms with van der Waals surface area (Å²) in [6.07, 6.45) is 0. The molecule has 2 nitrogen and oxygen atoms in total. The standard InChI is InChI=1S/C9H10BrFO2/c1-5(4-12)7-2-6(11)3-8(10)9(7)13/h2-3,5,12-13H,4H2,1H3. The number of rotatable bonds is 2. The van der Waals surface area contributed by atoms with Gasteiger partial charge in [-0.2, -0.15) is 0 Å². The minimum atomic E-state index is -0.431. The van der Waals surface area contributed by atoms with Gasteiger partial charge in [0.25, 0.3) is 0 Å². The highest BCUT2D eigenvalue weighted by molar-refractivity contribution is 9.10. The fourth-order valence-corrected chi connectivity index (χ4v) is 1.51. The monoisotopic (exact) mass is 248 g/mol. The second-order valence-electron chi connectivity index (χ2n) is 2.91. The predicted octanol–water partition coefficient (Wildman–Crippen LogP) is 2.39.